The van der Waals surface area contributed by atoms with E-state index in [1.807, 2.05) is 30.3 Å². The van der Waals surface area contributed by atoms with Crippen LogP contribution in [0.1, 0.15) is 25.5 Å². The molecule has 4 nitrogen and oxygen atoms in total. The minimum Gasteiger partial charge on any atom is -0.481 e. The van der Waals surface area contributed by atoms with Crippen molar-refractivity contribution in [2.75, 3.05) is 13.2 Å². The second kappa shape index (κ2) is 5.80. The molecule has 0 aliphatic rings. The summed E-state index contributed by atoms with van der Waals surface area (Å²) in [6.07, 6.45) is 0. The highest BCUT2D eigenvalue weighted by Crippen LogP contribution is 2.17. The number of aliphatic hydroxyl groups is 1. The lowest BCUT2D eigenvalue weighted by Crippen LogP contribution is -2.38. The number of hydrogen-bond donors (Lipinski definition) is 3. The Hall–Kier alpha value is -1.39. The first-order valence-corrected chi connectivity index (χ1v) is 5.60. The summed E-state index contributed by atoms with van der Waals surface area (Å²) in [4.78, 5) is 11.0. The van der Waals surface area contributed by atoms with Gasteiger partial charge in [-0.25, -0.2) is 0 Å². The lowest BCUT2D eigenvalue weighted by atomic mass is 9.93. The quantitative estimate of drug-likeness (QED) is 0.700. The van der Waals surface area contributed by atoms with E-state index in [4.69, 9.17) is 5.11 Å². The maximum atomic E-state index is 11.0. The van der Waals surface area contributed by atoms with Crippen LogP contribution in [0.4, 0.5) is 0 Å². The van der Waals surface area contributed by atoms with Crippen molar-refractivity contribution >= 4 is 5.97 Å². The van der Waals surface area contributed by atoms with Crippen molar-refractivity contribution in [3.8, 4) is 0 Å². The van der Waals surface area contributed by atoms with Crippen LogP contribution in [-0.4, -0.2) is 29.3 Å². The highest BCUT2D eigenvalue weighted by atomic mass is 16.4. The Bertz CT molecular complexity index is 362. The zero-order valence-electron chi connectivity index (χ0n) is 10.2. The molecule has 0 saturated heterocycles. The maximum Gasteiger partial charge on any atom is 0.310 e. The molecule has 0 amide bonds. The van der Waals surface area contributed by atoms with Crippen LogP contribution in [0.3, 0.4) is 0 Å². The Labute approximate surface area is 101 Å². The Morgan fingerprint density at radius 1 is 1.35 bits per heavy atom. The average molecular weight is 237 g/mol. The van der Waals surface area contributed by atoms with E-state index in [2.05, 4.69) is 5.32 Å². The molecule has 0 fully saturated rings. The number of aliphatic carboxylic acids is 1. The molecule has 17 heavy (non-hydrogen) atoms. The molecule has 0 aromatic heterocycles. The number of benzene rings is 1. The van der Waals surface area contributed by atoms with E-state index < -0.39 is 11.4 Å². The van der Waals surface area contributed by atoms with Crippen LogP contribution in [0.25, 0.3) is 0 Å². The zero-order chi connectivity index (χ0) is 12.9. The maximum absolute atomic E-state index is 11.0. The number of carboxylic acids is 1. The SMILES string of the molecule is CC(C)(CNC(CO)c1ccccc1)C(=O)O. The van der Waals surface area contributed by atoms with E-state index in [9.17, 15) is 9.90 Å². The Kier molecular flexibility index (Phi) is 4.66. The highest BCUT2D eigenvalue weighted by molar-refractivity contribution is 5.73. The standard InChI is InChI=1S/C13H19NO3/c1-13(2,12(16)17)9-14-11(8-15)10-6-4-3-5-7-10/h3-7,11,14-15H,8-9H2,1-2H3,(H,16,17). The fourth-order valence-corrected chi connectivity index (χ4v) is 1.43. The summed E-state index contributed by atoms with van der Waals surface area (Å²) < 4.78 is 0. The molecule has 0 aliphatic carbocycles. The molecular formula is C13H19NO3. The zero-order valence-corrected chi connectivity index (χ0v) is 10.2. The molecule has 1 unspecified atom stereocenters. The number of hydrogen-bond acceptors (Lipinski definition) is 3. The van der Waals surface area contributed by atoms with Gasteiger partial charge in [0.2, 0.25) is 0 Å². The van der Waals surface area contributed by atoms with Gasteiger partial charge in [-0.3, -0.25) is 4.79 Å². The summed E-state index contributed by atoms with van der Waals surface area (Å²) in [5.74, 6) is -0.852. The molecular weight excluding hydrogens is 218 g/mol. The van der Waals surface area contributed by atoms with Gasteiger partial charge < -0.3 is 15.5 Å². The third kappa shape index (κ3) is 3.84. The second-order valence-corrected chi connectivity index (χ2v) is 4.72. The highest BCUT2D eigenvalue weighted by Gasteiger charge is 2.27. The molecule has 3 N–H and O–H groups in total. The minimum atomic E-state index is -0.852. The van der Waals surface area contributed by atoms with Crippen LogP contribution in [0, 0.1) is 5.41 Å². The molecule has 4 heteroatoms. The van der Waals surface area contributed by atoms with Crippen molar-refractivity contribution in [1.82, 2.24) is 5.32 Å². The third-order valence-corrected chi connectivity index (χ3v) is 2.75. The first-order valence-electron chi connectivity index (χ1n) is 5.60. The fourth-order valence-electron chi connectivity index (χ4n) is 1.43. The van der Waals surface area contributed by atoms with E-state index in [-0.39, 0.29) is 12.6 Å². The van der Waals surface area contributed by atoms with Gasteiger partial charge in [-0.2, -0.15) is 0 Å². The van der Waals surface area contributed by atoms with Gasteiger partial charge in [-0.1, -0.05) is 30.3 Å². The second-order valence-electron chi connectivity index (χ2n) is 4.72. The van der Waals surface area contributed by atoms with Crippen LogP contribution >= 0.6 is 0 Å². The van der Waals surface area contributed by atoms with Crippen LogP contribution in [0.5, 0.6) is 0 Å². The van der Waals surface area contributed by atoms with Gasteiger partial charge >= 0.3 is 5.97 Å². The molecule has 1 atom stereocenters. The monoisotopic (exact) mass is 237 g/mol. The van der Waals surface area contributed by atoms with E-state index in [1.165, 1.54) is 0 Å². The van der Waals surface area contributed by atoms with Crippen LogP contribution in [0.2, 0.25) is 0 Å². The smallest absolute Gasteiger partial charge is 0.310 e. The molecule has 0 radical (unpaired) electrons. The summed E-state index contributed by atoms with van der Waals surface area (Å²) in [6.45, 7) is 3.56. The summed E-state index contributed by atoms with van der Waals surface area (Å²) in [6, 6.07) is 9.27. The predicted octanol–water partition coefficient (Wildman–Crippen LogP) is 1.42. The van der Waals surface area contributed by atoms with Gasteiger partial charge in [-0.05, 0) is 19.4 Å². The number of nitrogens with one attached hydrogen (secondary N) is 1. The Morgan fingerprint density at radius 2 is 1.94 bits per heavy atom. The van der Waals surface area contributed by atoms with Crippen LogP contribution < -0.4 is 5.32 Å². The van der Waals surface area contributed by atoms with Gasteiger partial charge in [0.15, 0.2) is 0 Å². The number of aliphatic hydroxyl groups excluding tert-OH is 1. The number of rotatable bonds is 6. The van der Waals surface area contributed by atoms with Crippen molar-refractivity contribution in [2.24, 2.45) is 5.41 Å². The van der Waals surface area contributed by atoms with Gasteiger partial charge in [-0.15, -0.1) is 0 Å². The van der Waals surface area contributed by atoms with Crippen molar-refractivity contribution in [1.29, 1.82) is 0 Å². The first kappa shape index (κ1) is 13.7. The molecule has 0 saturated carbocycles. The lowest BCUT2D eigenvalue weighted by Gasteiger charge is -2.24. The van der Waals surface area contributed by atoms with Crippen molar-refractivity contribution < 1.29 is 15.0 Å². The van der Waals surface area contributed by atoms with Crippen molar-refractivity contribution in [3.05, 3.63) is 35.9 Å². The molecule has 0 heterocycles. The van der Waals surface area contributed by atoms with E-state index >= 15 is 0 Å². The molecule has 0 spiro atoms. The summed E-state index contributed by atoms with van der Waals surface area (Å²) >= 11 is 0. The topological polar surface area (TPSA) is 69.6 Å². The van der Waals surface area contributed by atoms with Crippen LogP contribution in [-0.2, 0) is 4.79 Å². The van der Waals surface area contributed by atoms with E-state index in [1.54, 1.807) is 13.8 Å². The number of carboxylic acid groups (broad SMARTS) is 1. The van der Waals surface area contributed by atoms with Crippen molar-refractivity contribution in [3.63, 3.8) is 0 Å². The summed E-state index contributed by atoms with van der Waals surface area (Å²) in [5, 5.41) is 21.4. The molecule has 0 bridgehead atoms. The van der Waals surface area contributed by atoms with Gasteiger partial charge in [0, 0.05) is 6.54 Å². The summed E-state index contributed by atoms with van der Waals surface area (Å²) in [7, 11) is 0. The van der Waals surface area contributed by atoms with Crippen molar-refractivity contribution in [2.45, 2.75) is 19.9 Å². The van der Waals surface area contributed by atoms with Gasteiger partial charge in [0.1, 0.15) is 0 Å². The predicted molar refractivity (Wildman–Crippen MR) is 65.7 cm³/mol. The number of carbonyl (C=O) groups is 1. The molecule has 94 valence electrons. The molecule has 1 aromatic rings. The molecule has 0 aliphatic heterocycles. The van der Waals surface area contributed by atoms with E-state index in [0.717, 1.165) is 5.56 Å². The molecule has 1 rings (SSSR count). The van der Waals surface area contributed by atoms with Gasteiger partial charge in [0.05, 0.1) is 18.1 Å². The Balaban J connectivity index is 2.63. The fraction of sp³-hybridized carbons (Fsp3) is 0.462. The van der Waals surface area contributed by atoms with Gasteiger partial charge in [0.25, 0.3) is 0 Å². The third-order valence-electron chi connectivity index (χ3n) is 2.75. The lowest BCUT2D eigenvalue weighted by molar-refractivity contribution is -0.146. The minimum absolute atomic E-state index is 0.0558. The summed E-state index contributed by atoms with van der Waals surface area (Å²) in [5.41, 5.74) is 0.110. The average Bonchev–Trinajstić information content (AvgIpc) is 2.31. The van der Waals surface area contributed by atoms with E-state index in [0.29, 0.717) is 6.54 Å². The normalized spacial score (nSPS) is 13.4. The molecule has 1 aromatic carbocycles. The largest absolute Gasteiger partial charge is 0.481 e. The Morgan fingerprint density at radius 3 is 2.41 bits per heavy atom. The van der Waals surface area contributed by atoms with Crippen LogP contribution in [0.15, 0.2) is 30.3 Å². The first-order chi connectivity index (χ1) is 7.97.